The summed E-state index contributed by atoms with van der Waals surface area (Å²) in [6.45, 7) is 0. The Morgan fingerprint density at radius 3 is 1.84 bits per heavy atom. The molecule has 0 N–H and O–H groups in total. The molecule has 0 aliphatic carbocycles. The summed E-state index contributed by atoms with van der Waals surface area (Å²) in [5.41, 5.74) is 12.6. The van der Waals surface area contributed by atoms with E-state index in [1.807, 2.05) is 36.4 Å². The van der Waals surface area contributed by atoms with Gasteiger partial charge in [-0.2, -0.15) is 0 Å². The number of furan rings is 1. The summed E-state index contributed by atoms with van der Waals surface area (Å²) in [6, 6.07) is 64.3. The van der Waals surface area contributed by atoms with Crippen LogP contribution in [0.15, 0.2) is 191 Å². The lowest BCUT2D eigenvalue weighted by molar-refractivity contribution is 0.620. The van der Waals surface area contributed by atoms with E-state index in [-0.39, 0.29) is 5.92 Å². The predicted octanol–water partition coefficient (Wildman–Crippen LogP) is 13.1. The molecule has 0 saturated heterocycles. The van der Waals surface area contributed by atoms with Crippen LogP contribution < -0.4 is 0 Å². The number of hydrogen-bond acceptors (Lipinski definition) is 3. The van der Waals surface area contributed by atoms with E-state index < -0.39 is 0 Å². The first-order valence-electron chi connectivity index (χ1n) is 17.3. The van der Waals surface area contributed by atoms with Gasteiger partial charge in [0.25, 0.3) is 0 Å². The van der Waals surface area contributed by atoms with Gasteiger partial charge in [0.05, 0.1) is 0 Å². The second-order valence-electron chi connectivity index (χ2n) is 13.1. The first-order valence-corrected chi connectivity index (χ1v) is 17.3. The predicted molar refractivity (Wildman–Crippen MR) is 209 cm³/mol. The van der Waals surface area contributed by atoms with Crippen LogP contribution in [-0.2, 0) is 0 Å². The fourth-order valence-corrected chi connectivity index (χ4v) is 7.52. The van der Waals surface area contributed by atoms with Gasteiger partial charge in [-0.1, -0.05) is 140 Å². The van der Waals surface area contributed by atoms with Gasteiger partial charge in [-0.15, -0.1) is 0 Å². The molecule has 1 atom stereocenters. The summed E-state index contributed by atoms with van der Waals surface area (Å²) in [4.78, 5) is 4.84. The van der Waals surface area contributed by atoms with Crippen molar-refractivity contribution in [3.63, 3.8) is 0 Å². The number of rotatable bonds is 6. The minimum absolute atomic E-state index is 0.0181. The molecule has 2 heterocycles. The molecule has 0 saturated carbocycles. The molecule has 0 radical (unpaired) electrons. The Balaban J connectivity index is 1.13. The summed E-state index contributed by atoms with van der Waals surface area (Å²) in [7, 11) is 0. The molecule has 51 heavy (non-hydrogen) atoms. The van der Waals surface area contributed by atoms with Gasteiger partial charge in [-0.25, -0.2) is 4.98 Å². The smallest absolute Gasteiger partial charge is 0.227 e. The molecule has 2 aromatic heterocycles. The van der Waals surface area contributed by atoms with Crippen molar-refractivity contribution in [2.24, 2.45) is 0 Å². The monoisotopic (exact) mass is 653 g/mol. The van der Waals surface area contributed by atoms with Gasteiger partial charge in [0, 0.05) is 22.3 Å². The molecular formula is C48H31NO2. The average molecular weight is 654 g/mol. The summed E-state index contributed by atoms with van der Waals surface area (Å²) >= 11 is 0. The molecule has 0 spiro atoms. The Bertz CT molecular complexity index is 2850. The zero-order chi connectivity index (χ0) is 33.7. The van der Waals surface area contributed by atoms with Crippen molar-refractivity contribution in [3.8, 4) is 33.7 Å². The molecule has 1 unspecified atom stereocenters. The Morgan fingerprint density at radius 1 is 0.392 bits per heavy atom. The van der Waals surface area contributed by atoms with Crippen LogP contribution in [0, 0.1) is 0 Å². The van der Waals surface area contributed by atoms with E-state index in [1.165, 1.54) is 38.6 Å². The zero-order valence-corrected chi connectivity index (χ0v) is 27.7. The number of aromatic nitrogens is 1. The molecule has 10 rings (SSSR count). The minimum Gasteiger partial charge on any atom is -0.456 e. The normalized spacial score (nSPS) is 12.2. The second-order valence-corrected chi connectivity index (χ2v) is 13.1. The highest BCUT2D eigenvalue weighted by molar-refractivity contribution is 6.09. The Kier molecular flexibility index (Phi) is 6.88. The zero-order valence-electron chi connectivity index (χ0n) is 27.7. The highest BCUT2D eigenvalue weighted by Crippen LogP contribution is 2.42. The first-order chi connectivity index (χ1) is 25.2. The SMILES string of the molecule is c1ccc(-c2ccc(C(c3ccc4ccccc4c3)c3cccc4oc5ccc(-c6ccc7oc(-c8ccccc8)nc7c6)cc5c34)cc2)cc1. The Morgan fingerprint density at radius 2 is 1.04 bits per heavy atom. The standard InChI is InChI=1S/C48H31NO2/c1-3-10-31(11-4-1)33-18-21-34(22-19-33)46(39-23-20-32-12-7-8-15-36(32)28-39)40-16-9-17-45-47(40)41-29-37(24-26-43(41)50-45)38-25-27-44-42(30-38)49-48(51-44)35-13-5-2-6-14-35/h1-30,46H. The van der Waals surface area contributed by atoms with Crippen molar-refractivity contribution < 1.29 is 8.83 Å². The summed E-state index contributed by atoms with van der Waals surface area (Å²) < 4.78 is 12.7. The fraction of sp³-hybridized carbons (Fsp3) is 0.0208. The Hall–Kier alpha value is -6.71. The molecule has 3 nitrogen and oxygen atoms in total. The molecule has 3 heteroatoms. The number of fused-ring (bicyclic) bond motifs is 5. The van der Waals surface area contributed by atoms with Crippen LogP contribution in [0.25, 0.3) is 77.5 Å². The van der Waals surface area contributed by atoms with Crippen LogP contribution in [0.4, 0.5) is 0 Å². The van der Waals surface area contributed by atoms with Gasteiger partial charge in [0.1, 0.15) is 16.7 Å². The van der Waals surface area contributed by atoms with Gasteiger partial charge in [-0.3, -0.25) is 0 Å². The van der Waals surface area contributed by atoms with E-state index >= 15 is 0 Å². The lowest BCUT2D eigenvalue weighted by Crippen LogP contribution is -2.04. The van der Waals surface area contributed by atoms with E-state index in [2.05, 4.69) is 146 Å². The molecule has 0 aliphatic rings. The molecule has 0 bridgehead atoms. The highest BCUT2D eigenvalue weighted by atomic mass is 16.3. The van der Waals surface area contributed by atoms with Crippen molar-refractivity contribution >= 4 is 43.8 Å². The van der Waals surface area contributed by atoms with E-state index in [0.29, 0.717) is 5.89 Å². The quantitative estimate of drug-likeness (QED) is 0.168. The molecule has 8 aromatic carbocycles. The maximum Gasteiger partial charge on any atom is 0.227 e. The third-order valence-corrected chi connectivity index (χ3v) is 10.0. The number of benzene rings is 8. The molecule has 0 fully saturated rings. The van der Waals surface area contributed by atoms with Gasteiger partial charge < -0.3 is 8.83 Å². The molecule has 0 aliphatic heterocycles. The molecular weight excluding hydrogens is 623 g/mol. The molecule has 10 aromatic rings. The number of oxazole rings is 1. The van der Waals surface area contributed by atoms with Crippen LogP contribution in [0.3, 0.4) is 0 Å². The third kappa shape index (κ3) is 5.19. The third-order valence-electron chi connectivity index (χ3n) is 10.0. The van der Waals surface area contributed by atoms with Crippen molar-refractivity contribution in [1.82, 2.24) is 4.98 Å². The van der Waals surface area contributed by atoms with Gasteiger partial charge in [-0.05, 0) is 92.2 Å². The van der Waals surface area contributed by atoms with Gasteiger partial charge >= 0.3 is 0 Å². The maximum absolute atomic E-state index is 6.55. The minimum atomic E-state index is -0.0181. The topological polar surface area (TPSA) is 39.2 Å². The number of hydrogen-bond donors (Lipinski definition) is 0. The van der Waals surface area contributed by atoms with Crippen molar-refractivity contribution in [3.05, 3.63) is 199 Å². The lowest BCUT2D eigenvalue weighted by atomic mass is 9.82. The fourth-order valence-electron chi connectivity index (χ4n) is 7.52. The van der Waals surface area contributed by atoms with E-state index in [4.69, 9.17) is 13.8 Å². The number of nitrogens with zero attached hydrogens (tertiary/aromatic N) is 1. The van der Waals surface area contributed by atoms with E-state index in [0.717, 1.165) is 49.7 Å². The molecule has 0 amide bonds. The van der Waals surface area contributed by atoms with Crippen LogP contribution in [0.5, 0.6) is 0 Å². The Labute approximate surface area is 295 Å². The average Bonchev–Trinajstić information content (AvgIpc) is 3.80. The van der Waals surface area contributed by atoms with Gasteiger partial charge in [0.15, 0.2) is 5.58 Å². The maximum atomic E-state index is 6.55. The summed E-state index contributed by atoms with van der Waals surface area (Å²) in [6.07, 6.45) is 0. The first kappa shape index (κ1) is 29.2. The molecule has 240 valence electrons. The summed E-state index contributed by atoms with van der Waals surface area (Å²) in [5, 5.41) is 4.69. The van der Waals surface area contributed by atoms with Crippen LogP contribution >= 0.6 is 0 Å². The van der Waals surface area contributed by atoms with Crippen LogP contribution in [0.2, 0.25) is 0 Å². The largest absolute Gasteiger partial charge is 0.456 e. The van der Waals surface area contributed by atoms with E-state index in [1.54, 1.807) is 0 Å². The van der Waals surface area contributed by atoms with E-state index in [9.17, 15) is 0 Å². The lowest BCUT2D eigenvalue weighted by Gasteiger charge is -2.21. The van der Waals surface area contributed by atoms with Crippen LogP contribution in [0.1, 0.15) is 22.6 Å². The van der Waals surface area contributed by atoms with Crippen molar-refractivity contribution in [2.75, 3.05) is 0 Å². The van der Waals surface area contributed by atoms with Gasteiger partial charge in [0.2, 0.25) is 5.89 Å². The highest BCUT2D eigenvalue weighted by Gasteiger charge is 2.23. The van der Waals surface area contributed by atoms with Crippen molar-refractivity contribution in [2.45, 2.75) is 5.92 Å². The summed E-state index contributed by atoms with van der Waals surface area (Å²) in [5.74, 6) is 0.607. The van der Waals surface area contributed by atoms with Crippen LogP contribution in [-0.4, -0.2) is 4.98 Å². The van der Waals surface area contributed by atoms with Crippen molar-refractivity contribution in [1.29, 1.82) is 0 Å². The second kappa shape index (κ2) is 12.0.